The summed E-state index contributed by atoms with van der Waals surface area (Å²) >= 11 is 0. The fourth-order valence-corrected chi connectivity index (χ4v) is 3.00. The van der Waals surface area contributed by atoms with Gasteiger partial charge in [-0.2, -0.15) is 0 Å². The Morgan fingerprint density at radius 1 is 1.21 bits per heavy atom. The highest BCUT2D eigenvalue weighted by atomic mass is 15.3. The first kappa shape index (κ1) is 14.5. The van der Waals surface area contributed by atoms with Crippen molar-refractivity contribution in [2.45, 2.75) is 33.0 Å². The zero-order valence-corrected chi connectivity index (χ0v) is 12.5. The highest BCUT2D eigenvalue weighted by molar-refractivity contribution is 5.27. The summed E-state index contributed by atoms with van der Waals surface area (Å²) in [7, 11) is 2.01. The molecular weight excluding hydrogens is 234 g/mol. The molecule has 1 unspecified atom stereocenters. The second-order valence-electron chi connectivity index (χ2n) is 5.51. The highest BCUT2D eigenvalue weighted by Crippen LogP contribution is 2.15. The average Bonchev–Trinajstić information content (AvgIpc) is 2.41. The van der Waals surface area contributed by atoms with Gasteiger partial charge in [0.1, 0.15) is 0 Å². The van der Waals surface area contributed by atoms with E-state index >= 15 is 0 Å². The third-order valence-corrected chi connectivity index (χ3v) is 4.13. The van der Waals surface area contributed by atoms with E-state index in [1.807, 2.05) is 7.05 Å². The second kappa shape index (κ2) is 7.04. The molecule has 0 radical (unpaired) electrons. The van der Waals surface area contributed by atoms with E-state index < -0.39 is 0 Å². The van der Waals surface area contributed by atoms with Crippen molar-refractivity contribution in [1.29, 1.82) is 0 Å². The molecule has 3 heteroatoms. The van der Waals surface area contributed by atoms with Crippen LogP contribution in [0, 0.1) is 0 Å². The molecule has 0 bridgehead atoms. The molecule has 0 saturated carbocycles. The molecule has 2 rings (SSSR count). The summed E-state index contributed by atoms with van der Waals surface area (Å²) in [6.45, 7) is 11.4. The van der Waals surface area contributed by atoms with E-state index in [2.05, 4.69) is 53.2 Å². The molecule has 1 aromatic rings. The van der Waals surface area contributed by atoms with Crippen LogP contribution in [-0.4, -0.2) is 49.1 Å². The molecule has 19 heavy (non-hydrogen) atoms. The maximum atomic E-state index is 3.26. The molecule has 1 atom stereocenters. The van der Waals surface area contributed by atoms with Gasteiger partial charge in [-0.3, -0.25) is 9.80 Å². The van der Waals surface area contributed by atoms with Gasteiger partial charge in [0.05, 0.1) is 0 Å². The Hall–Kier alpha value is -0.900. The number of rotatable bonds is 5. The van der Waals surface area contributed by atoms with E-state index in [9.17, 15) is 0 Å². The molecule has 0 aliphatic carbocycles. The molecule has 1 aliphatic rings. The van der Waals surface area contributed by atoms with Gasteiger partial charge in [0.15, 0.2) is 0 Å². The summed E-state index contributed by atoms with van der Waals surface area (Å²) in [6, 6.07) is 9.46. The second-order valence-corrected chi connectivity index (χ2v) is 5.51. The third kappa shape index (κ3) is 3.78. The van der Waals surface area contributed by atoms with E-state index in [1.165, 1.54) is 37.3 Å². The molecule has 106 valence electrons. The maximum absolute atomic E-state index is 3.26. The van der Waals surface area contributed by atoms with Crippen LogP contribution in [0.3, 0.4) is 0 Å². The van der Waals surface area contributed by atoms with Crippen LogP contribution >= 0.6 is 0 Å². The number of nitrogens with one attached hydrogen (secondary N) is 1. The van der Waals surface area contributed by atoms with Gasteiger partial charge in [-0.25, -0.2) is 0 Å². The van der Waals surface area contributed by atoms with Crippen molar-refractivity contribution in [2.24, 2.45) is 0 Å². The van der Waals surface area contributed by atoms with Crippen LogP contribution in [0.4, 0.5) is 0 Å². The first-order chi connectivity index (χ1) is 9.24. The van der Waals surface area contributed by atoms with Gasteiger partial charge in [0, 0.05) is 38.8 Å². The summed E-state index contributed by atoms with van der Waals surface area (Å²) in [4.78, 5) is 5.15. The largest absolute Gasteiger partial charge is 0.316 e. The topological polar surface area (TPSA) is 18.5 Å². The highest BCUT2D eigenvalue weighted by Gasteiger charge is 2.22. The van der Waals surface area contributed by atoms with Crippen LogP contribution in [0.5, 0.6) is 0 Å². The van der Waals surface area contributed by atoms with Gasteiger partial charge < -0.3 is 5.32 Å². The molecule has 1 saturated heterocycles. The van der Waals surface area contributed by atoms with Gasteiger partial charge in [-0.05, 0) is 31.6 Å². The van der Waals surface area contributed by atoms with Crippen LogP contribution in [0.2, 0.25) is 0 Å². The quantitative estimate of drug-likeness (QED) is 0.874. The van der Waals surface area contributed by atoms with Gasteiger partial charge >= 0.3 is 0 Å². The summed E-state index contributed by atoms with van der Waals surface area (Å²) < 4.78 is 0. The Balaban J connectivity index is 1.98. The van der Waals surface area contributed by atoms with Crippen LogP contribution in [0.1, 0.15) is 25.0 Å². The standard InChI is InChI=1S/C16H27N3/c1-4-19-10-9-18(12-14(19)2)13-16-8-6-5-7-15(16)11-17-3/h5-8,14,17H,4,9-13H2,1-3H3. The minimum Gasteiger partial charge on any atom is -0.316 e. The molecule has 0 spiro atoms. The fraction of sp³-hybridized carbons (Fsp3) is 0.625. The van der Waals surface area contributed by atoms with E-state index in [1.54, 1.807) is 0 Å². The van der Waals surface area contributed by atoms with Crippen molar-refractivity contribution in [1.82, 2.24) is 15.1 Å². The zero-order valence-electron chi connectivity index (χ0n) is 12.5. The van der Waals surface area contributed by atoms with Crippen LogP contribution in [0.15, 0.2) is 24.3 Å². The fourth-order valence-electron chi connectivity index (χ4n) is 3.00. The number of benzene rings is 1. The van der Waals surface area contributed by atoms with Crippen molar-refractivity contribution in [3.05, 3.63) is 35.4 Å². The maximum Gasteiger partial charge on any atom is 0.0238 e. The summed E-state index contributed by atoms with van der Waals surface area (Å²) in [5.74, 6) is 0. The van der Waals surface area contributed by atoms with Crippen molar-refractivity contribution >= 4 is 0 Å². The smallest absolute Gasteiger partial charge is 0.0238 e. The van der Waals surface area contributed by atoms with E-state index in [4.69, 9.17) is 0 Å². The zero-order chi connectivity index (χ0) is 13.7. The lowest BCUT2D eigenvalue weighted by Gasteiger charge is -2.39. The number of nitrogens with zero attached hydrogens (tertiary/aromatic N) is 2. The first-order valence-electron chi connectivity index (χ1n) is 7.42. The minimum absolute atomic E-state index is 0.676. The van der Waals surface area contributed by atoms with E-state index in [0.29, 0.717) is 6.04 Å². The van der Waals surface area contributed by atoms with E-state index in [0.717, 1.165) is 13.1 Å². The van der Waals surface area contributed by atoms with Gasteiger partial charge in [0.2, 0.25) is 0 Å². The normalized spacial score (nSPS) is 21.7. The van der Waals surface area contributed by atoms with Crippen molar-refractivity contribution in [3.8, 4) is 0 Å². The predicted molar refractivity (Wildman–Crippen MR) is 81.2 cm³/mol. The lowest BCUT2D eigenvalue weighted by Crippen LogP contribution is -2.51. The lowest BCUT2D eigenvalue weighted by atomic mass is 10.1. The molecule has 3 nitrogen and oxygen atoms in total. The summed E-state index contributed by atoms with van der Waals surface area (Å²) in [6.07, 6.45) is 0. The monoisotopic (exact) mass is 261 g/mol. The minimum atomic E-state index is 0.676. The average molecular weight is 261 g/mol. The molecule has 1 heterocycles. The third-order valence-electron chi connectivity index (χ3n) is 4.13. The van der Waals surface area contributed by atoms with E-state index in [-0.39, 0.29) is 0 Å². The summed E-state index contributed by atoms with van der Waals surface area (Å²) in [5.41, 5.74) is 2.89. The van der Waals surface area contributed by atoms with Crippen LogP contribution < -0.4 is 5.32 Å². The lowest BCUT2D eigenvalue weighted by molar-refractivity contribution is 0.0832. The van der Waals surface area contributed by atoms with Gasteiger partial charge in [-0.1, -0.05) is 31.2 Å². The van der Waals surface area contributed by atoms with Crippen LogP contribution in [-0.2, 0) is 13.1 Å². The molecule has 0 amide bonds. The van der Waals surface area contributed by atoms with Gasteiger partial charge in [0.25, 0.3) is 0 Å². The summed E-state index contributed by atoms with van der Waals surface area (Å²) in [5, 5.41) is 3.26. The molecule has 1 fully saturated rings. The Morgan fingerprint density at radius 2 is 1.95 bits per heavy atom. The molecule has 1 aliphatic heterocycles. The number of likely N-dealkylation sites (N-methyl/N-ethyl adjacent to an activating group) is 1. The molecule has 0 aromatic heterocycles. The first-order valence-corrected chi connectivity index (χ1v) is 7.42. The van der Waals surface area contributed by atoms with Crippen molar-refractivity contribution in [3.63, 3.8) is 0 Å². The predicted octanol–water partition coefficient (Wildman–Crippen LogP) is 1.93. The van der Waals surface area contributed by atoms with Gasteiger partial charge in [-0.15, -0.1) is 0 Å². The number of piperazine rings is 1. The number of hydrogen-bond acceptors (Lipinski definition) is 3. The Kier molecular flexibility index (Phi) is 5.37. The van der Waals surface area contributed by atoms with Crippen molar-refractivity contribution in [2.75, 3.05) is 33.2 Å². The molecule has 1 aromatic carbocycles. The molecule has 1 N–H and O–H groups in total. The Labute approximate surface area is 117 Å². The SMILES string of the molecule is CCN1CCN(Cc2ccccc2CNC)CC1C. The van der Waals surface area contributed by atoms with Crippen molar-refractivity contribution < 1.29 is 0 Å². The Bertz CT molecular complexity index is 391. The molecular formula is C16H27N3. The number of hydrogen-bond donors (Lipinski definition) is 1. The Morgan fingerprint density at radius 3 is 2.58 bits per heavy atom. The van der Waals surface area contributed by atoms with Crippen LogP contribution in [0.25, 0.3) is 0 Å².